The van der Waals surface area contributed by atoms with Crippen LogP contribution in [0.2, 0.25) is 0 Å². The molecule has 2 heterocycles. The number of aromatic nitrogens is 1. The summed E-state index contributed by atoms with van der Waals surface area (Å²) in [5, 5.41) is 3.37. The van der Waals surface area contributed by atoms with Crippen LogP contribution in [0.3, 0.4) is 0 Å². The number of pyridine rings is 1. The first-order valence-corrected chi connectivity index (χ1v) is 8.29. The lowest BCUT2D eigenvalue weighted by atomic mass is 10.1. The van der Waals surface area contributed by atoms with Crippen molar-refractivity contribution in [3.8, 4) is 0 Å². The van der Waals surface area contributed by atoms with Crippen molar-refractivity contribution in [3.63, 3.8) is 0 Å². The second kappa shape index (κ2) is 8.72. The molecular formula is C17H29N5O. The van der Waals surface area contributed by atoms with E-state index in [9.17, 15) is 0 Å². The van der Waals surface area contributed by atoms with Gasteiger partial charge in [0, 0.05) is 53.0 Å². The predicted octanol–water partition coefficient (Wildman–Crippen LogP) is 1.58. The van der Waals surface area contributed by atoms with Crippen LogP contribution in [0.15, 0.2) is 23.3 Å². The number of aliphatic imine (C=N–C) groups is 1. The van der Waals surface area contributed by atoms with Gasteiger partial charge in [-0.15, -0.1) is 0 Å². The Hall–Kier alpha value is -1.82. The Morgan fingerprint density at radius 3 is 2.91 bits per heavy atom. The number of hydrogen-bond acceptors (Lipinski definition) is 4. The van der Waals surface area contributed by atoms with Crippen LogP contribution in [0.25, 0.3) is 0 Å². The number of hydrogen-bond donors (Lipinski definition) is 1. The first kappa shape index (κ1) is 17.5. The van der Waals surface area contributed by atoms with Gasteiger partial charge in [-0.1, -0.05) is 0 Å². The van der Waals surface area contributed by atoms with Gasteiger partial charge in [-0.25, -0.2) is 9.98 Å². The van der Waals surface area contributed by atoms with Crippen LogP contribution >= 0.6 is 0 Å². The Kier molecular flexibility index (Phi) is 6.65. The molecule has 1 unspecified atom stereocenters. The molecule has 1 fully saturated rings. The van der Waals surface area contributed by atoms with Crippen molar-refractivity contribution in [2.45, 2.75) is 19.9 Å². The molecule has 0 radical (unpaired) electrons. The average Bonchev–Trinajstić information content (AvgIpc) is 3.04. The summed E-state index contributed by atoms with van der Waals surface area (Å²) in [5.41, 5.74) is 1.16. The zero-order valence-electron chi connectivity index (χ0n) is 14.7. The minimum Gasteiger partial charge on any atom is -0.381 e. The lowest BCUT2D eigenvalue weighted by Gasteiger charge is -2.24. The second-order valence-corrected chi connectivity index (χ2v) is 6.20. The summed E-state index contributed by atoms with van der Waals surface area (Å²) in [6.07, 6.45) is 2.98. The number of nitrogens with one attached hydrogen (secondary N) is 1. The van der Waals surface area contributed by atoms with E-state index in [1.165, 1.54) is 0 Å². The largest absolute Gasteiger partial charge is 0.381 e. The number of guanidine groups is 1. The highest BCUT2D eigenvalue weighted by molar-refractivity contribution is 5.79. The molecule has 6 nitrogen and oxygen atoms in total. The maximum atomic E-state index is 5.46. The number of anilines is 1. The molecule has 0 aliphatic carbocycles. The molecule has 1 saturated heterocycles. The Balaban J connectivity index is 2.01. The van der Waals surface area contributed by atoms with Gasteiger partial charge < -0.3 is 19.9 Å². The van der Waals surface area contributed by atoms with Crippen LogP contribution < -0.4 is 10.2 Å². The SMILES string of the molecule is CCNC(=NCc1ccnc(N(C)C)c1)N(C)CC1CCOC1. The lowest BCUT2D eigenvalue weighted by Crippen LogP contribution is -2.41. The van der Waals surface area contributed by atoms with E-state index >= 15 is 0 Å². The first-order chi connectivity index (χ1) is 11.1. The molecule has 1 aromatic heterocycles. The molecule has 1 aromatic rings. The van der Waals surface area contributed by atoms with Gasteiger partial charge in [-0.2, -0.15) is 0 Å². The molecule has 23 heavy (non-hydrogen) atoms. The fourth-order valence-electron chi connectivity index (χ4n) is 2.64. The van der Waals surface area contributed by atoms with Gasteiger partial charge in [0.25, 0.3) is 0 Å². The van der Waals surface area contributed by atoms with Gasteiger partial charge >= 0.3 is 0 Å². The smallest absolute Gasteiger partial charge is 0.193 e. The summed E-state index contributed by atoms with van der Waals surface area (Å²) in [4.78, 5) is 13.3. The number of rotatable bonds is 6. The van der Waals surface area contributed by atoms with Gasteiger partial charge in [0.15, 0.2) is 5.96 Å². The van der Waals surface area contributed by atoms with Crippen molar-refractivity contribution < 1.29 is 4.74 Å². The summed E-state index contributed by atoms with van der Waals surface area (Å²) in [7, 11) is 6.09. The highest BCUT2D eigenvalue weighted by Gasteiger charge is 2.19. The number of ether oxygens (including phenoxy) is 1. The topological polar surface area (TPSA) is 53.0 Å². The standard InChI is InChI=1S/C17H29N5O/c1-5-18-17(22(4)12-15-7-9-23-13-15)20-11-14-6-8-19-16(10-14)21(2)3/h6,8,10,15H,5,7,9,11-13H2,1-4H3,(H,18,20). The monoisotopic (exact) mass is 319 g/mol. The molecule has 2 rings (SSSR count). The van der Waals surface area contributed by atoms with Gasteiger partial charge in [-0.3, -0.25) is 0 Å². The normalized spacial score (nSPS) is 18.1. The average molecular weight is 319 g/mol. The van der Waals surface area contributed by atoms with Crippen LogP contribution in [0, 0.1) is 5.92 Å². The quantitative estimate of drug-likeness (QED) is 0.637. The van der Waals surface area contributed by atoms with Crippen molar-refractivity contribution in [2.75, 3.05) is 52.3 Å². The van der Waals surface area contributed by atoms with Crippen LogP contribution in [0.1, 0.15) is 18.9 Å². The molecule has 6 heteroatoms. The lowest BCUT2D eigenvalue weighted by molar-refractivity contribution is 0.181. The number of nitrogens with zero attached hydrogens (tertiary/aromatic N) is 4. The van der Waals surface area contributed by atoms with E-state index in [2.05, 4.69) is 35.2 Å². The van der Waals surface area contributed by atoms with Crippen molar-refractivity contribution in [1.29, 1.82) is 0 Å². The summed E-state index contributed by atoms with van der Waals surface area (Å²) in [6, 6.07) is 4.10. The molecule has 0 amide bonds. The maximum Gasteiger partial charge on any atom is 0.193 e. The summed E-state index contributed by atoms with van der Waals surface area (Å²) in [5.74, 6) is 2.51. The van der Waals surface area contributed by atoms with E-state index in [-0.39, 0.29) is 0 Å². The second-order valence-electron chi connectivity index (χ2n) is 6.20. The first-order valence-electron chi connectivity index (χ1n) is 8.29. The van der Waals surface area contributed by atoms with E-state index in [0.29, 0.717) is 12.5 Å². The molecule has 1 atom stereocenters. The van der Waals surface area contributed by atoms with E-state index < -0.39 is 0 Å². The van der Waals surface area contributed by atoms with Gasteiger partial charge in [0.2, 0.25) is 0 Å². The van der Waals surface area contributed by atoms with Crippen molar-refractivity contribution in [1.82, 2.24) is 15.2 Å². The highest BCUT2D eigenvalue weighted by atomic mass is 16.5. The van der Waals surface area contributed by atoms with Crippen LogP contribution in [0.4, 0.5) is 5.82 Å². The van der Waals surface area contributed by atoms with Gasteiger partial charge in [0.1, 0.15) is 5.82 Å². The molecule has 0 saturated carbocycles. The fourth-order valence-corrected chi connectivity index (χ4v) is 2.64. The van der Waals surface area contributed by atoms with Crippen molar-refractivity contribution in [3.05, 3.63) is 23.9 Å². The van der Waals surface area contributed by atoms with Crippen LogP contribution in [0.5, 0.6) is 0 Å². The Morgan fingerprint density at radius 1 is 1.43 bits per heavy atom. The zero-order chi connectivity index (χ0) is 16.7. The third-order valence-corrected chi connectivity index (χ3v) is 3.93. The minimum absolute atomic E-state index is 0.602. The Labute approximate surface area is 139 Å². The van der Waals surface area contributed by atoms with Crippen molar-refractivity contribution >= 4 is 11.8 Å². The van der Waals surface area contributed by atoms with E-state index in [4.69, 9.17) is 9.73 Å². The summed E-state index contributed by atoms with van der Waals surface area (Å²) < 4.78 is 5.46. The fraction of sp³-hybridized carbons (Fsp3) is 0.647. The molecular weight excluding hydrogens is 290 g/mol. The third-order valence-electron chi connectivity index (χ3n) is 3.93. The molecule has 0 bridgehead atoms. The molecule has 128 valence electrons. The molecule has 1 N–H and O–H groups in total. The van der Waals surface area contributed by atoms with E-state index in [1.807, 2.05) is 31.3 Å². The maximum absolute atomic E-state index is 5.46. The predicted molar refractivity (Wildman–Crippen MR) is 94.9 cm³/mol. The summed E-state index contributed by atoms with van der Waals surface area (Å²) in [6.45, 7) is 6.33. The summed E-state index contributed by atoms with van der Waals surface area (Å²) >= 11 is 0. The molecule has 0 aromatic carbocycles. The van der Waals surface area contributed by atoms with E-state index in [0.717, 1.165) is 50.1 Å². The van der Waals surface area contributed by atoms with Crippen LogP contribution in [-0.4, -0.2) is 63.3 Å². The minimum atomic E-state index is 0.602. The molecule has 1 aliphatic rings. The molecule has 1 aliphatic heterocycles. The Morgan fingerprint density at radius 2 is 2.26 bits per heavy atom. The molecule has 0 spiro atoms. The van der Waals surface area contributed by atoms with Crippen LogP contribution in [-0.2, 0) is 11.3 Å². The zero-order valence-corrected chi connectivity index (χ0v) is 14.7. The third kappa shape index (κ3) is 5.39. The van der Waals surface area contributed by atoms with Crippen molar-refractivity contribution in [2.24, 2.45) is 10.9 Å². The van der Waals surface area contributed by atoms with Gasteiger partial charge in [0.05, 0.1) is 13.2 Å². The van der Waals surface area contributed by atoms with E-state index in [1.54, 1.807) is 0 Å². The Bertz CT molecular complexity index is 511. The van der Waals surface area contributed by atoms with Gasteiger partial charge in [-0.05, 0) is 31.0 Å². The highest BCUT2D eigenvalue weighted by Crippen LogP contribution is 2.14.